The molecule has 1 unspecified atom stereocenters. The standard InChI is InChI=1S/C16H24N2O6S/c1-11(2)10-14(15(19)24-16(3,4)5)17-25(22,23)13-8-6-12(7-9-13)18(20)21/h6-9,11,14,17H,10H2,1-5H3. The minimum atomic E-state index is -4.02. The highest BCUT2D eigenvalue weighted by Crippen LogP contribution is 2.18. The summed E-state index contributed by atoms with van der Waals surface area (Å²) in [7, 11) is -4.02. The van der Waals surface area contributed by atoms with Crippen molar-refractivity contribution in [1.82, 2.24) is 4.72 Å². The molecule has 0 saturated heterocycles. The lowest BCUT2D eigenvalue weighted by molar-refractivity contribution is -0.384. The predicted octanol–water partition coefficient (Wildman–Crippen LogP) is 2.63. The highest BCUT2D eigenvalue weighted by Gasteiger charge is 2.30. The van der Waals surface area contributed by atoms with Crippen molar-refractivity contribution in [2.24, 2.45) is 5.92 Å². The van der Waals surface area contributed by atoms with Gasteiger partial charge in [0.05, 0.1) is 9.82 Å². The van der Waals surface area contributed by atoms with Crippen LogP contribution in [-0.4, -0.2) is 31.0 Å². The number of esters is 1. The number of ether oxygens (including phenoxy) is 1. The van der Waals surface area contributed by atoms with Gasteiger partial charge >= 0.3 is 5.97 Å². The second-order valence-corrected chi connectivity index (χ2v) is 8.80. The monoisotopic (exact) mass is 372 g/mol. The molecule has 0 amide bonds. The summed E-state index contributed by atoms with van der Waals surface area (Å²) in [6, 6.07) is 3.41. The average molecular weight is 372 g/mol. The smallest absolute Gasteiger partial charge is 0.324 e. The molecule has 25 heavy (non-hydrogen) atoms. The van der Waals surface area contributed by atoms with E-state index >= 15 is 0 Å². The van der Waals surface area contributed by atoms with E-state index in [1.165, 1.54) is 0 Å². The Morgan fingerprint density at radius 1 is 1.24 bits per heavy atom. The van der Waals surface area contributed by atoms with Crippen molar-refractivity contribution in [2.45, 2.75) is 57.6 Å². The van der Waals surface area contributed by atoms with Gasteiger partial charge in [-0.05, 0) is 45.2 Å². The number of carbonyl (C=O) groups is 1. The summed E-state index contributed by atoms with van der Waals surface area (Å²) in [5, 5.41) is 10.7. The summed E-state index contributed by atoms with van der Waals surface area (Å²) in [5.41, 5.74) is -0.963. The molecule has 1 aromatic rings. The Hall–Kier alpha value is -2.00. The third-order valence-electron chi connectivity index (χ3n) is 3.05. The van der Waals surface area contributed by atoms with Gasteiger partial charge in [0.2, 0.25) is 10.0 Å². The van der Waals surface area contributed by atoms with Crippen molar-refractivity contribution >= 4 is 21.7 Å². The van der Waals surface area contributed by atoms with Crippen LogP contribution < -0.4 is 4.72 Å². The number of nitrogens with one attached hydrogen (secondary N) is 1. The molecule has 0 radical (unpaired) electrons. The van der Waals surface area contributed by atoms with Gasteiger partial charge in [-0.3, -0.25) is 14.9 Å². The Balaban J connectivity index is 3.04. The maximum absolute atomic E-state index is 12.5. The number of hydrogen-bond donors (Lipinski definition) is 1. The number of nitro benzene ring substituents is 1. The largest absolute Gasteiger partial charge is 0.459 e. The molecule has 0 saturated carbocycles. The molecule has 0 bridgehead atoms. The Morgan fingerprint density at radius 3 is 2.16 bits per heavy atom. The summed E-state index contributed by atoms with van der Waals surface area (Å²) >= 11 is 0. The number of rotatable bonds is 7. The van der Waals surface area contributed by atoms with Crippen molar-refractivity contribution in [1.29, 1.82) is 0 Å². The lowest BCUT2D eigenvalue weighted by Gasteiger charge is -2.25. The van der Waals surface area contributed by atoms with E-state index in [2.05, 4.69) is 4.72 Å². The highest BCUT2D eigenvalue weighted by atomic mass is 32.2. The number of carbonyl (C=O) groups excluding carboxylic acids is 1. The first-order valence-corrected chi connectivity index (χ1v) is 9.30. The lowest BCUT2D eigenvalue weighted by atomic mass is 10.0. The first-order valence-electron chi connectivity index (χ1n) is 7.81. The van der Waals surface area contributed by atoms with E-state index in [1.807, 2.05) is 13.8 Å². The van der Waals surface area contributed by atoms with E-state index < -0.39 is 32.6 Å². The maximum atomic E-state index is 12.5. The molecule has 0 aromatic heterocycles. The fraction of sp³-hybridized carbons (Fsp3) is 0.562. The van der Waals surface area contributed by atoms with Crippen LogP contribution in [0.25, 0.3) is 0 Å². The molecule has 0 spiro atoms. The number of benzene rings is 1. The van der Waals surface area contributed by atoms with Gasteiger partial charge in [-0.2, -0.15) is 4.72 Å². The van der Waals surface area contributed by atoms with Gasteiger partial charge in [0.1, 0.15) is 11.6 Å². The van der Waals surface area contributed by atoms with Crippen LogP contribution in [0.2, 0.25) is 0 Å². The lowest BCUT2D eigenvalue weighted by Crippen LogP contribution is -2.44. The second-order valence-electron chi connectivity index (χ2n) is 7.09. The molecular weight excluding hydrogens is 348 g/mol. The van der Waals surface area contributed by atoms with Gasteiger partial charge < -0.3 is 4.74 Å². The van der Waals surface area contributed by atoms with Crippen LogP contribution in [0.3, 0.4) is 0 Å². The summed E-state index contributed by atoms with van der Waals surface area (Å²) in [6.45, 7) is 8.81. The second kappa shape index (κ2) is 7.92. The van der Waals surface area contributed by atoms with Crippen molar-refractivity contribution in [3.05, 3.63) is 34.4 Å². The molecule has 1 atom stereocenters. The van der Waals surface area contributed by atoms with Crippen LogP contribution >= 0.6 is 0 Å². The van der Waals surface area contributed by atoms with Gasteiger partial charge in [-0.25, -0.2) is 8.42 Å². The summed E-state index contributed by atoms with van der Waals surface area (Å²) < 4.78 is 32.6. The first-order chi connectivity index (χ1) is 11.3. The van der Waals surface area contributed by atoms with Crippen LogP contribution in [0, 0.1) is 16.0 Å². The molecule has 0 aliphatic heterocycles. The SMILES string of the molecule is CC(C)CC(NS(=O)(=O)c1ccc([N+](=O)[O-])cc1)C(=O)OC(C)(C)C. The van der Waals surface area contributed by atoms with Gasteiger partial charge in [0.25, 0.3) is 5.69 Å². The van der Waals surface area contributed by atoms with Crippen LogP contribution in [0.4, 0.5) is 5.69 Å². The molecule has 0 aliphatic rings. The predicted molar refractivity (Wildman–Crippen MR) is 92.5 cm³/mol. The fourth-order valence-electron chi connectivity index (χ4n) is 2.04. The van der Waals surface area contributed by atoms with Gasteiger partial charge in [-0.1, -0.05) is 13.8 Å². The number of sulfonamides is 1. The molecular formula is C16H24N2O6S. The van der Waals surface area contributed by atoms with Crippen molar-refractivity contribution in [3.63, 3.8) is 0 Å². The third kappa shape index (κ3) is 6.79. The van der Waals surface area contributed by atoms with Crippen LogP contribution in [0.1, 0.15) is 41.0 Å². The molecule has 1 N–H and O–H groups in total. The van der Waals surface area contributed by atoms with Gasteiger partial charge in [0, 0.05) is 12.1 Å². The van der Waals surface area contributed by atoms with E-state index in [-0.39, 0.29) is 22.9 Å². The molecule has 1 rings (SSSR count). The molecule has 8 nitrogen and oxygen atoms in total. The zero-order valence-corrected chi connectivity index (χ0v) is 15.8. The molecule has 0 aliphatic carbocycles. The normalized spacial score (nSPS) is 13.5. The minimum Gasteiger partial charge on any atom is -0.459 e. The molecule has 9 heteroatoms. The zero-order valence-electron chi connectivity index (χ0n) is 15.0. The van der Waals surface area contributed by atoms with E-state index in [9.17, 15) is 23.3 Å². The number of nitrogens with zero attached hydrogens (tertiary/aromatic N) is 1. The first kappa shape index (κ1) is 21.0. The third-order valence-corrected chi connectivity index (χ3v) is 4.54. The Kier molecular flexibility index (Phi) is 6.67. The molecule has 1 aromatic carbocycles. The summed E-state index contributed by atoms with van der Waals surface area (Å²) in [5.74, 6) is -0.608. The Labute approximate surface area is 147 Å². The van der Waals surface area contributed by atoms with E-state index in [0.29, 0.717) is 0 Å². The molecule has 0 heterocycles. The zero-order chi connectivity index (χ0) is 19.4. The summed E-state index contributed by atoms with van der Waals surface area (Å²) in [4.78, 5) is 22.2. The topological polar surface area (TPSA) is 116 Å². The van der Waals surface area contributed by atoms with Crippen LogP contribution in [0.5, 0.6) is 0 Å². The Bertz CT molecular complexity index is 720. The van der Waals surface area contributed by atoms with Crippen molar-refractivity contribution in [3.8, 4) is 0 Å². The molecule has 140 valence electrons. The van der Waals surface area contributed by atoms with Crippen molar-refractivity contribution in [2.75, 3.05) is 0 Å². The van der Waals surface area contributed by atoms with Gasteiger partial charge in [-0.15, -0.1) is 0 Å². The minimum absolute atomic E-state index is 0.0529. The van der Waals surface area contributed by atoms with Crippen LogP contribution in [-0.2, 0) is 19.6 Å². The van der Waals surface area contributed by atoms with Gasteiger partial charge in [0.15, 0.2) is 0 Å². The number of hydrogen-bond acceptors (Lipinski definition) is 6. The quantitative estimate of drug-likeness (QED) is 0.447. The highest BCUT2D eigenvalue weighted by molar-refractivity contribution is 7.89. The fourth-order valence-corrected chi connectivity index (χ4v) is 3.24. The number of nitro groups is 1. The Morgan fingerprint density at radius 2 is 1.76 bits per heavy atom. The van der Waals surface area contributed by atoms with Crippen molar-refractivity contribution < 1.29 is 22.9 Å². The summed E-state index contributed by atoms with van der Waals surface area (Å²) in [6.07, 6.45) is 0.265. The maximum Gasteiger partial charge on any atom is 0.324 e. The molecule has 0 fully saturated rings. The average Bonchev–Trinajstić information content (AvgIpc) is 2.44. The van der Waals surface area contributed by atoms with E-state index in [0.717, 1.165) is 24.3 Å². The van der Waals surface area contributed by atoms with Crippen LogP contribution in [0.15, 0.2) is 29.2 Å². The number of non-ortho nitro benzene ring substituents is 1. The van der Waals surface area contributed by atoms with E-state index in [1.54, 1.807) is 20.8 Å². The van der Waals surface area contributed by atoms with E-state index in [4.69, 9.17) is 4.74 Å².